The highest BCUT2D eigenvalue weighted by Gasteiger charge is 2.27. The lowest BCUT2D eigenvalue weighted by Gasteiger charge is -2.25. The Bertz CT molecular complexity index is 416. The van der Waals surface area contributed by atoms with Crippen LogP contribution in [0.15, 0.2) is 30.3 Å². The van der Waals surface area contributed by atoms with Gasteiger partial charge < -0.3 is 15.4 Å². The first kappa shape index (κ1) is 16.0. The number of carbonyl (C=O) groups is 1. The average molecular weight is 290 g/mol. The van der Waals surface area contributed by atoms with Crippen LogP contribution >= 0.6 is 0 Å². The second kappa shape index (κ2) is 8.80. The van der Waals surface area contributed by atoms with Crippen molar-refractivity contribution in [3.63, 3.8) is 0 Å². The number of hydrogen-bond acceptors (Lipinski definition) is 3. The number of hydrogen-bond donors (Lipinski definition) is 2. The van der Waals surface area contributed by atoms with Crippen molar-refractivity contribution in [3.8, 4) is 0 Å². The first-order valence-corrected chi connectivity index (χ1v) is 7.85. The van der Waals surface area contributed by atoms with E-state index in [0.717, 1.165) is 0 Å². The summed E-state index contributed by atoms with van der Waals surface area (Å²) < 4.78 is 4.96. The normalized spacial score (nSPS) is 16.8. The lowest BCUT2D eigenvalue weighted by Crippen LogP contribution is -2.39. The SMILES string of the molecule is COCCNCC(=O)NC(c1ccccc1)C1CCCC1. The van der Waals surface area contributed by atoms with Crippen LogP contribution < -0.4 is 10.6 Å². The van der Waals surface area contributed by atoms with E-state index >= 15 is 0 Å². The summed E-state index contributed by atoms with van der Waals surface area (Å²) >= 11 is 0. The molecule has 1 aliphatic rings. The van der Waals surface area contributed by atoms with Gasteiger partial charge in [0.25, 0.3) is 0 Å². The molecule has 4 heteroatoms. The van der Waals surface area contributed by atoms with Gasteiger partial charge in [-0.15, -0.1) is 0 Å². The number of methoxy groups -OCH3 is 1. The van der Waals surface area contributed by atoms with Gasteiger partial charge in [0.05, 0.1) is 19.2 Å². The van der Waals surface area contributed by atoms with Crippen LogP contribution in [0.25, 0.3) is 0 Å². The van der Waals surface area contributed by atoms with Crippen LogP contribution in [0.2, 0.25) is 0 Å². The van der Waals surface area contributed by atoms with Crippen LogP contribution in [0.5, 0.6) is 0 Å². The average Bonchev–Trinajstić information content (AvgIpc) is 3.04. The van der Waals surface area contributed by atoms with Crippen LogP contribution in [0, 0.1) is 5.92 Å². The third-order valence-electron chi connectivity index (χ3n) is 4.11. The molecular formula is C17H26N2O2. The van der Waals surface area contributed by atoms with Crippen LogP contribution in [0.1, 0.15) is 37.3 Å². The Labute approximate surface area is 127 Å². The molecule has 21 heavy (non-hydrogen) atoms. The van der Waals surface area contributed by atoms with E-state index in [9.17, 15) is 4.79 Å². The lowest BCUT2D eigenvalue weighted by molar-refractivity contribution is -0.121. The van der Waals surface area contributed by atoms with E-state index in [4.69, 9.17) is 4.74 Å². The molecule has 0 bridgehead atoms. The van der Waals surface area contributed by atoms with Crippen molar-refractivity contribution in [2.24, 2.45) is 5.92 Å². The maximum Gasteiger partial charge on any atom is 0.234 e. The quantitative estimate of drug-likeness (QED) is 0.722. The fraction of sp³-hybridized carbons (Fsp3) is 0.588. The monoisotopic (exact) mass is 290 g/mol. The number of nitrogens with one attached hydrogen (secondary N) is 2. The summed E-state index contributed by atoms with van der Waals surface area (Å²) in [6, 6.07) is 10.5. The summed E-state index contributed by atoms with van der Waals surface area (Å²) in [7, 11) is 1.66. The first-order valence-electron chi connectivity index (χ1n) is 7.85. The Kier molecular flexibility index (Phi) is 6.70. The van der Waals surface area contributed by atoms with Crippen molar-refractivity contribution >= 4 is 5.91 Å². The Hall–Kier alpha value is -1.39. The molecule has 2 N–H and O–H groups in total. The van der Waals surface area contributed by atoms with Gasteiger partial charge in [-0.3, -0.25) is 4.79 Å². The van der Waals surface area contributed by atoms with E-state index in [1.165, 1.54) is 31.2 Å². The van der Waals surface area contributed by atoms with Gasteiger partial charge in [0.2, 0.25) is 5.91 Å². The minimum absolute atomic E-state index is 0.0619. The van der Waals surface area contributed by atoms with Gasteiger partial charge in [-0.2, -0.15) is 0 Å². The molecule has 1 aromatic carbocycles. The lowest BCUT2D eigenvalue weighted by atomic mass is 9.91. The Morgan fingerprint density at radius 3 is 2.67 bits per heavy atom. The molecule has 0 saturated heterocycles. The number of benzene rings is 1. The maximum atomic E-state index is 12.1. The predicted octanol–water partition coefficient (Wildman–Crippen LogP) is 2.27. The number of rotatable bonds is 8. The molecule has 1 saturated carbocycles. The minimum Gasteiger partial charge on any atom is -0.383 e. The number of carbonyl (C=O) groups excluding carboxylic acids is 1. The van der Waals surface area contributed by atoms with Crippen molar-refractivity contribution in [1.82, 2.24) is 10.6 Å². The summed E-state index contributed by atoms with van der Waals surface area (Å²) in [6.07, 6.45) is 4.96. The fourth-order valence-corrected chi connectivity index (χ4v) is 3.03. The molecule has 0 radical (unpaired) electrons. The molecule has 0 aromatic heterocycles. The third kappa shape index (κ3) is 5.14. The zero-order chi connectivity index (χ0) is 14.9. The number of ether oxygens (including phenoxy) is 1. The molecule has 4 nitrogen and oxygen atoms in total. The van der Waals surface area contributed by atoms with E-state index in [2.05, 4.69) is 22.8 Å². The van der Waals surface area contributed by atoms with Gasteiger partial charge in [0.15, 0.2) is 0 Å². The van der Waals surface area contributed by atoms with Crippen LogP contribution in [-0.2, 0) is 9.53 Å². The predicted molar refractivity (Wildman–Crippen MR) is 84.0 cm³/mol. The third-order valence-corrected chi connectivity index (χ3v) is 4.11. The van der Waals surface area contributed by atoms with E-state index in [-0.39, 0.29) is 11.9 Å². The van der Waals surface area contributed by atoms with Crippen LogP contribution in [-0.4, -0.2) is 32.7 Å². The first-order chi connectivity index (χ1) is 10.3. The highest BCUT2D eigenvalue weighted by molar-refractivity contribution is 5.78. The Balaban J connectivity index is 1.91. The van der Waals surface area contributed by atoms with Crippen molar-refractivity contribution in [3.05, 3.63) is 35.9 Å². The summed E-state index contributed by atoms with van der Waals surface area (Å²) in [4.78, 5) is 12.1. The summed E-state index contributed by atoms with van der Waals surface area (Å²) in [6.45, 7) is 1.67. The fourth-order valence-electron chi connectivity index (χ4n) is 3.03. The number of amides is 1. The zero-order valence-electron chi connectivity index (χ0n) is 12.8. The molecule has 0 spiro atoms. The zero-order valence-corrected chi connectivity index (χ0v) is 12.8. The van der Waals surface area contributed by atoms with Crippen LogP contribution in [0.4, 0.5) is 0 Å². The largest absolute Gasteiger partial charge is 0.383 e. The second-order valence-corrected chi connectivity index (χ2v) is 5.67. The van der Waals surface area contributed by atoms with Gasteiger partial charge in [0, 0.05) is 13.7 Å². The van der Waals surface area contributed by atoms with Gasteiger partial charge in [-0.05, 0) is 24.3 Å². The molecule has 1 aromatic rings. The van der Waals surface area contributed by atoms with Gasteiger partial charge in [-0.1, -0.05) is 43.2 Å². The molecule has 116 valence electrons. The maximum absolute atomic E-state index is 12.1. The van der Waals surface area contributed by atoms with E-state index in [0.29, 0.717) is 25.6 Å². The smallest absolute Gasteiger partial charge is 0.234 e. The van der Waals surface area contributed by atoms with Crippen molar-refractivity contribution in [2.45, 2.75) is 31.7 Å². The van der Waals surface area contributed by atoms with Gasteiger partial charge >= 0.3 is 0 Å². The molecule has 1 amide bonds. The van der Waals surface area contributed by atoms with Crippen molar-refractivity contribution in [1.29, 1.82) is 0 Å². The molecule has 1 unspecified atom stereocenters. The summed E-state index contributed by atoms with van der Waals surface area (Å²) in [5.41, 5.74) is 1.22. The van der Waals surface area contributed by atoms with E-state index < -0.39 is 0 Å². The van der Waals surface area contributed by atoms with E-state index in [1.807, 2.05) is 18.2 Å². The molecule has 2 rings (SSSR count). The summed E-state index contributed by atoms with van der Waals surface area (Å²) in [5, 5.41) is 6.31. The highest BCUT2D eigenvalue weighted by Crippen LogP contribution is 2.35. The Morgan fingerprint density at radius 1 is 1.29 bits per heavy atom. The summed E-state index contributed by atoms with van der Waals surface area (Å²) in [5.74, 6) is 0.627. The molecule has 0 heterocycles. The van der Waals surface area contributed by atoms with E-state index in [1.54, 1.807) is 7.11 Å². The van der Waals surface area contributed by atoms with Crippen molar-refractivity contribution in [2.75, 3.05) is 26.8 Å². The molecule has 1 aliphatic carbocycles. The van der Waals surface area contributed by atoms with Crippen LogP contribution in [0.3, 0.4) is 0 Å². The van der Waals surface area contributed by atoms with Gasteiger partial charge in [-0.25, -0.2) is 0 Å². The molecular weight excluding hydrogens is 264 g/mol. The second-order valence-electron chi connectivity index (χ2n) is 5.67. The topological polar surface area (TPSA) is 50.4 Å². The van der Waals surface area contributed by atoms with Crippen molar-refractivity contribution < 1.29 is 9.53 Å². The highest BCUT2D eigenvalue weighted by atomic mass is 16.5. The molecule has 1 atom stereocenters. The minimum atomic E-state index is 0.0619. The Morgan fingerprint density at radius 2 is 2.00 bits per heavy atom. The van der Waals surface area contributed by atoms with Gasteiger partial charge in [0.1, 0.15) is 0 Å². The molecule has 1 fully saturated rings. The molecule has 0 aliphatic heterocycles. The standard InChI is InChI=1S/C17H26N2O2/c1-21-12-11-18-13-16(20)19-17(15-9-5-6-10-15)14-7-3-2-4-8-14/h2-4,7-8,15,17-18H,5-6,9-13H2,1H3,(H,19,20).